The van der Waals surface area contributed by atoms with Crippen LogP contribution in [0.4, 0.5) is 5.13 Å². The summed E-state index contributed by atoms with van der Waals surface area (Å²) in [6, 6.07) is 4.83. The minimum Gasteiger partial charge on any atom is -0.478 e. The number of halogens is 1. The van der Waals surface area contributed by atoms with Gasteiger partial charge in [0.2, 0.25) is 11.1 Å². The van der Waals surface area contributed by atoms with Crippen molar-refractivity contribution in [1.82, 2.24) is 25.1 Å². The number of nitrogens with two attached hydrogens (primary N) is 1. The maximum absolute atomic E-state index is 13.5. The van der Waals surface area contributed by atoms with Crippen molar-refractivity contribution in [2.24, 2.45) is 5.16 Å². The number of carbonyl (C=O) groups excluding carboxylic acids is 2. The van der Waals surface area contributed by atoms with Crippen molar-refractivity contribution in [1.29, 1.82) is 0 Å². The first-order chi connectivity index (χ1) is 21.8. The van der Waals surface area contributed by atoms with E-state index in [4.69, 9.17) is 10.6 Å². The predicted octanol–water partition coefficient (Wildman–Crippen LogP) is 1.36. The summed E-state index contributed by atoms with van der Waals surface area (Å²) in [5.74, 6) is -3.75. The largest absolute Gasteiger partial charge is 0.478 e. The van der Waals surface area contributed by atoms with Gasteiger partial charge < -0.3 is 36.0 Å². The topological polar surface area (TPSA) is 205 Å². The third kappa shape index (κ3) is 6.47. The Morgan fingerprint density at radius 3 is 2.72 bits per heavy atom. The molecule has 2 atom stereocenters. The number of thiazole rings is 1. The molecule has 1 saturated heterocycles. The molecule has 2 aliphatic rings. The molecule has 0 aromatic carbocycles. The monoisotopic (exact) mass is 735 g/mol. The van der Waals surface area contributed by atoms with Gasteiger partial charge in [0, 0.05) is 36.2 Å². The van der Waals surface area contributed by atoms with Crippen LogP contribution in [0.5, 0.6) is 0 Å². The molecule has 46 heavy (non-hydrogen) atoms. The number of carbonyl (C=O) groups is 4. The molecule has 18 heteroatoms. The summed E-state index contributed by atoms with van der Waals surface area (Å²) >= 11 is 5.62. The minimum atomic E-state index is -1.78. The summed E-state index contributed by atoms with van der Waals surface area (Å²) in [5, 5.41) is 28.6. The molecular formula is C28H32BrN8O7S2+. The number of nitrogens with one attached hydrogen (secondary N) is 2. The van der Waals surface area contributed by atoms with E-state index in [0.717, 1.165) is 41.9 Å². The van der Waals surface area contributed by atoms with E-state index in [0.29, 0.717) is 15.1 Å². The van der Waals surface area contributed by atoms with Gasteiger partial charge in [-0.2, -0.15) is 4.57 Å². The van der Waals surface area contributed by atoms with Crippen LogP contribution in [0.15, 0.2) is 50.8 Å². The molecule has 2 unspecified atom stereocenters. The van der Waals surface area contributed by atoms with E-state index in [-0.39, 0.29) is 23.1 Å². The lowest BCUT2D eigenvalue weighted by Crippen LogP contribution is -2.71. The molecule has 244 valence electrons. The number of rotatable bonds is 13. The van der Waals surface area contributed by atoms with Gasteiger partial charge in [0.25, 0.3) is 11.8 Å². The number of carboxylic acid groups (broad SMARTS) is 2. The van der Waals surface area contributed by atoms with Gasteiger partial charge in [-0.1, -0.05) is 16.5 Å². The number of amides is 2. The molecule has 0 aliphatic carbocycles. The molecule has 1 fully saturated rings. The van der Waals surface area contributed by atoms with Crippen molar-refractivity contribution in [2.45, 2.75) is 50.4 Å². The van der Waals surface area contributed by atoms with E-state index in [2.05, 4.69) is 41.3 Å². The van der Waals surface area contributed by atoms with Crippen LogP contribution in [0, 0.1) is 0 Å². The van der Waals surface area contributed by atoms with Crippen LogP contribution in [-0.4, -0.2) is 90.5 Å². The zero-order valence-electron chi connectivity index (χ0n) is 25.0. The Bertz CT molecular complexity index is 1790. The summed E-state index contributed by atoms with van der Waals surface area (Å²) in [7, 11) is 1.91. The molecular weight excluding hydrogens is 704 g/mol. The zero-order valence-corrected chi connectivity index (χ0v) is 28.2. The van der Waals surface area contributed by atoms with Gasteiger partial charge in [0.05, 0.1) is 0 Å². The normalized spacial score (nSPS) is 18.4. The summed E-state index contributed by atoms with van der Waals surface area (Å²) in [4.78, 5) is 61.4. The highest BCUT2D eigenvalue weighted by molar-refractivity contribution is 9.11. The number of aryl methyl sites for hydroxylation is 1. The number of hydrogen-bond acceptors (Lipinski definition) is 11. The molecule has 3 aromatic rings. The number of pyridine rings is 1. The number of β-lactam (4-membered cyclic amide) rings is 1. The van der Waals surface area contributed by atoms with Gasteiger partial charge in [0.15, 0.2) is 23.6 Å². The van der Waals surface area contributed by atoms with E-state index in [9.17, 15) is 29.4 Å². The number of fused-ring (bicyclic) bond motifs is 2. The van der Waals surface area contributed by atoms with Gasteiger partial charge >= 0.3 is 11.9 Å². The molecule has 3 aromatic heterocycles. The molecule has 15 nitrogen and oxygen atoms in total. The maximum Gasteiger partial charge on any atom is 0.352 e. The second-order valence-corrected chi connectivity index (χ2v) is 14.5. The quantitative estimate of drug-likeness (QED) is 0.0557. The number of carboxylic acids is 2. The number of nitrogen functional groups attached to an aromatic ring is 1. The molecule has 5 rings (SSSR count). The van der Waals surface area contributed by atoms with Gasteiger partial charge in [-0.05, 0) is 55.9 Å². The minimum absolute atomic E-state index is 0.00316. The smallest absolute Gasteiger partial charge is 0.352 e. The Morgan fingerprint density at radius 2 is 2.07 bits per heavy atom. The third-order valence-electron chi connectivity index (χ3n) is 7.46. The SMILES string of the molecule is CNCCCn1ccc2c1ccc[n+]2CC1=C(C(=O)O)N2C(=O)C(NC(=O)C(=NOC(C)(C)C(=O)O)c3nc(N)sc3Br)C2SC1. The zero-order chi connectivity index (χ0) is 33.3. The van der Waals surface area contributed by atoms with Crippen molar-refractivity contribution >= 4 is 84.7 Å². The summed E-state index contributed by atoms with van der Waals surface area (Å²) in [6.07, 6.45) is 4.83. The fraction of sp³-hybridized carbons (Fsp3) is 0.393. The highest BCUT2D eigenvalue weighted by atomic mass is 79.9. The molecule has 0 bridgehead atoms. The number of anilines is 1. The highest BCUT2D eigenvalue weighted by Gasteiger charge is 2.55. The van der Waals surface area contributed by atoms with Crippen LogP contribution >= 0.6 is 39.0 Å². The molecule has 6 N–H and O–H groups in total. The van der Waals surface area contributed by atoms with E-state index in [1.165, 1.54) is 30.5 Å². The van der Waals surface area contributed by atoms with Crippen LogP contribution in [0.3, 0.4) is 0 Å². The lowest BCUT2D eigenvalue weighted by molar-refractivity contribution is -0.663. The Hall–Kier alpha value is -4.00. The first-order valence-corrected chi connectivity index (χ1v) is 16.7. The Kier molecular flexibility index (Phi) is 9.71. The van der Waals surface area contributed by atoms with Crippen molar-refractivity contribution in [2.75, 3.05) is 25.1 Å². The summed E-state index contributed by atoms with van der Waals surface area (Å²) < 4.78 is 4.45. The Balaban J connectivity index is 1.37. The Morgan fingerprint density at radius 1 is 1.30 bits per heavy atom. The lowest BCUT2D eigenvalue weighted by Gasteiger charge is -2.49. The molecule has 2 amide bonds. The first-order valence-electron chi connectivity index (χ1n) is 14.1. The standard InChI is InChI=1S/C28H31BrN8O7S2/c1-28(2,26(42)43)44-34-18(17-21(29)46-27(30)33-17)22(38)32-19-23(39)37-20(25(40)41)14(13-45-24(19)37)12-36-9-4-6-15-16(36)7-11-35(15)10-5-8-31-3/h4,6-7,9,11,19,24,31H,5,8,10,12-13H2,1-3H3,(H4-,30,32,33,38,40,41,42,43)/p+1. The van der Waals surface area contributed by atoms with Gasteiger partial charge in [-0.25, -0.2) is 14.6 Å². The van der Waals surface area contributed by atoms with Crippen LogP contribution in [0.1, 0.15) is 26.0 Å². The van der Waals surface area contributed by atoms with E-state index in [1.54, 1.807) is 0 Å². The van der Waals surface area contributed by atoms with Crippen molar-refractivity contribution in [3.63, 3.8) is 0 Å². The molecule has 5 heterocycles. The van der Waals surface area contributed by atoms with E-state index in [1.807, 2.05) is 42.2 Å². The number of oxime groups is 1. The molecule has 0 radical (unpaired) electrons. The third-order valence-corrected chi connectivity index (χ3v) is 10.3. The average Bonchev–Trinajstić information content (AvgIpc) is 3.57. The van der Waals surface area contributed by atoms with E-state index < -0.39 is 46.5 Å². The van der Waals surface area contributed by atoms with Crippen LogP contribution in [0.25, 0.3) is 11.0 Å². The van der Waals surface area contributed by atoms with Gasteiger partial charge in [-0.3, -0.25) is 14.5 Å². The van der Waals surface area contributed by atoms with E-state index >= 15 is 0 Å². The molecule has 0 saturated carbocycles. The number of aliphatic carboxylic acids is 2. The fourth-order valence-corrected chi connectivity index (χ4v) is 7.72. The van der Waals surface area contributed by atoms with Gasteiger partial charge in [0.1, 0.15) is 32.1 Å². The number of hydrogen-bond donors (Lipinski definition) is 5. The van der Waals surface area contributed by atoms with Crippen LogP contribution in [-0.2, 0) is 37.1 Å². The first kappa shape index (κ1) is 33.4. The summed E-state index contributed by atoms with van der Waals surface area (Å²) in [5.41, 5.74) is 5.99. The van der Waals surface area contributed by atoms with Crippen LogP contribution < -0.4 is 20.9 Å². The predicted molar refractivity (Wildman–Crippen MR) is 174 cm³/mol. The number of nitrogens with zero attached hydrogens (tertiary/aromatic N) is 5. The second-order valence-electron chi connectivity index (χ2n) is 11.0. The molecule has 2 aliphatic heterocycles. The van der Waals surface area contributed by atoms with Crippen LogP contribution in [0.2, 0.25) is 0 Å². The van der Waals surface area contributed by atoms with Crippen molar-refractivity contribution in [3.8, 4) is 0 Å². The lowest BCUT2D eigenvalue weighted by atomic mass is 10.0. The molecule has 0 spiro atoms. The number of aromatic nitrogens is 3. The van der Waals surface area contributed by atoms with Crippen molar-refractivity contribution in [3.05, 3.63) is 51.3 Å². The second kappa shape index (κ2) is 13.4. The van der Waals surface area contributed by atoms with Crippen molar-refractivity contribution < 1.29 is 38.8 Å². The Labute approximate surface area is 279 Å². The average molecular weight is 737 g/mol. The number of thioether (sulfide) groups is 1. The van der Waals surface area contributed by atoms with Gasteiger partial charge in [-0.15, -0.1) is 11.8 Å². The summed E-state index contributed by atoms with van der Waals surface area (Å²) in [6.45, 7) is 4.47. The highest BCUT2D eigenvalue weighted by Crippen LogP contribution is 2.40. The fourth-order valence-electron chi connectivity index (χ4n) is 5.05. The maximum atomic E-state index is 13.5.